The van der Waals surface area contributed by atoms with Crippen LogP contribution in [-0.2, 0) is 13.1 Å². The highest BCUT2D eigenvalue weighted by Crippen LogP contribution is 2.22. The molecule has 3 heterocycles. The van der Waals surface area contributed by atoms with Gasteiger partial charge in [-0.15, -0.1) is 5.10 Å². The second kappa shape index (κ2) is 8.89. The highest BCUT2D eigenvalue weighted by molar-refractivity contribution is 5.91. The van der Waals surface area contributed by atoms with E-state index in [-0.39, 0.29) is 11.9 Å². The zero-order valence-electron chi connectivity index (χ0n) is 15.6. The van der Waals surface area contributed by atoms with E-state index in [2.05, 4.69) is 31.6 Å². The lowest BCUT2D eigenvalue weighted by atomic mass is 9.98. The summed E-state index contributed by atoms with van der Waals surface area (Å²) in [7, 11) is 0. The van der Waals surface area contributed by atoms with Crippen LogP contribution in [0.4, 0.5) is 0 Å². The van der Waals surface area contributed by atoms with Crippen molar-refractivity contribution >= 4 is 5.91 Å². The van der Waals surface area contributed by atoms with E-state index in [1.807, 2.05) is 32.3 Å². The maximum Gasteiger partial charge on any atom is 0.273 e. The molecule has 7 nitrogen and oxygen atoms in total. The third kappa shape index (κ3) is 5.11. The molecule has 1 aliphatic rings. The molecule has 1 fully saturated rings. The molecule has 1 atom stereocenters. The van der Waals surface area contributed by atoms with Gasteiger partial charge >= 0.3 is 0 Å². The molecule has 3 rings (SSSR count). The van der Waals surface area contributed by atoms with Crippen LogP contribution in [0.25, 0.3) is 0 Å². The van der Waals surface area contributed by atoms with Gasteiger partial charge in [-0.05, 0) is 51.3 Å². The van der Waals surface area contributed by atoms with Gasteiger partial charge < -0.3 is 5.32 Å². The van der Waals surface area contributed by atoms with Crippen LogP contribution >= 0.6 is 0 Å². The number of hydrogen-bond acceptors (Lipinski definition) is 5. The van der Waals surface area contributed by atoms with Gasteiger partial charge in [0.1, 0.15) is 0 Å². The highest BCUT2D eigenvalue weighted by atomic mass is 16.2. The number of amides is 1. The largest absolute Gasteiger partial charge is 0.348 e. The molecule has 0 aliphatic carbocycles. The highest BCUT2D eigenvalue weighted by Gasteiger charge is 2.22. The molecule has 26 heavy (non-hydrogen) atoms. The zero-order valence-corrected chi connectivity index (χ0v) is 15.6. The van der Waals surface area contributed by atoms with E-state index in [9.17, 15) is 4.79 Å². The number of carbonyl (C=O) groups is 1. The van der Waals surface area contributed by atoms with Gasteiger partial charge in [-0.3, -0.25) is 19.4 Å². The Bertz CT molecular complexity index is 699. The number of likely N-dealkylation sites (tertiary alicyclic amines) is 1. The molecule has 7 heteroatoms. The molecule has 1 saturated heterocycles. The van der Waals surface area contributed by atoms with Crippen molar-refractivity contribution in [3.8, 4) is 0 Å². The molecular formula is C19H28N6O. The van der Waals surface area contributed by atoms with Crippen LogP contribution in [0.15, 0.2) is 30.7 Å². The van der Waals surface area contributed by atoms with E-state index in [0.717, 1.165) is 26.1 Å². The van der Waals surface area contributed by atoms with Gasteiger partial charge in [0.05, 0.1) is 6.20 Å². The Labute approximate surface area is 154 Å². The van der Waals surface area contributed by atoms with Crippen molar-refractivity contribution in [3.63, 3.8) is 0 Å². The Morgan fingerprint density at radius 2 is 2.27 bits per heavy atom. The molecule has 0 bridgehead atoms. The summed E-state index contributed by atoms with van der Waals surface area (Å²) in [4.78, 5) is 18.8. The Kier molecular flexibility index (Phi) is 6.33. The molecular weight excluding hydrogens is 328 g/mol. The first kappa shape index (κ1) is 18.5. The van der Waals surface area contributed by atoms with E-state index in [0.29, 0.717) is 11.7 Å². The molecule has 2 aromatic rings. The average Bonchev–Trinajstić information content (AvgIpc) is 3.10. The van der Waals surface area contributed by atoms with Gasteiger partial charge in [0.25, 0.3) is 5.91 Å². The first-order valence-corrected chi connectivity index (χ1v) is 9.46. The molecule has 140 valence electrons. The van der Waals surface area contributed by atoms with Crippen LogP contribution in [0, 0.1) is 0 Å². The van der Waals surface area contributed by atoms with Gasteiger partial charge in [-0.2, -0.15) is 0 Å². The minimum atomic E-state index is -0.165. The smallest absolute Gasteiger partial charge is 0.273 e. The quantitative estimate of drug-likeness (QED) is 0.823. The number of carbonyl (C=O) groups excluding carboxylic acids is 1. The number of pyridine rings is 1. The molecule has 1 N–H and O–H groups in total. The van der Waals surface area contributed by atoms with Crippen molar-refractivity contribution in [2.75, 3.05) is 6.54 Å². The van der Waals surface area contributed by atoms with Crippen molar-refractivity contribution < 1.29 is 4.79 Å². The fourth-order valence-electron chi connectivity index (χ4n) is 3.45. The normalized spacial score (nSPS) is 18.2. The van der Waals surface area contributed by atoms with Crippen LogP contribution in [0.2, 0.25) is 0 Å². The topological polar surface area (TPSA) is 75.9 Å². The fourth-order valence-corrected chi connectivity index (χ4v) is 3.45. The predicted octanol–water partition coefficient (Wildman–Crippen LogP) is 2.26. The molecule has 2 aromatic heterocycles. The van der Waals surface area contributed by atoms with Gasteiger partial charge in [0, 0.05) is 37.6 Å². The third-order valence-electron chi connectivity index (χ3n) is 4.74. The molecule has 1 unspecified atom stereocenters. The maximum absolute atomic E-state index is 12.0. The molecule has 1 aliphatic heterocycles. The van der Waals surface area contributed by atoms with E-state index >= 15 is 0 Å². The fraction of sp³-hybridized carbons (Fsp3) is 0.579. The minimum absolute atomic E-state index is 0.0934. The number of rotatable bonds is 7. The summed E-state index contributed by atoms with van der Waals surface area (Å²) in [6.07, 6.45) is 10.2. The average molecular weight is 356 g/mol. The Morgan fingerprint density at radius 1 is 1.38 bits per heavy atom. The van der Waals surface area contributed by atoms with Crippen LogP contribution in [0.1, 0.15) is 55.6 Å². The van der Waals surface area contributed by atoms with E-state index in [1.54, 1.807) is 10.9 Å². The van der Waals surface area contributed by atoms with Gasteiger partial charge in [0.15, 0.2) is 5.69 Å². The zero-order chi connectivity index (χ0) is 18.4. The van der Waals surface area contributed by atoms with Crippen LogP contribution in [0.3, 0.4) is 0 Å². The third-order valence-corrected chi connectivity index (χ3v) is 4.74. The van der Waals surface area contributed by atoms with Crippen LogP contribution < -0.4 is 5.32 Å². The number of nitrogens with one attached hydrogen (secondary N) is 1. The molecule has 0 radical (unpaired) electrons. The number of piperidine rings is 1. The monoisotopic (exact) mass is 356 g/mol. The molecule has 1 amide bonds. The standard InChI is InChI=1S/C19H28N6O/c1-15(2)21-19(26)18-14-25(23-22-18)11-8-17-7-3-4-10-24(17)13-16-6-5-9-20-12-16/h5-6,9,12,14-15,17H,3-4,7-8,10-11,13H2,1-2H3,(H,21,26). The van der Waals surface area contributed by atoms with Crippen molar-refractivity contribution in [1.29, 1.82) is 0 Å². The number of aromatic nitrogens is 4. The van der Waals surface area contributed by atoms with Crippen molar-refractivity contribution in [2.45, 2.75) is 64.7 Å². The van der Waals surface area contributed by atoms with Crippen molar-refractivity contribution in [1.82, 2.24) is 30.2 Å². The summed E-state index contributed by atoms with van der Waals surface area (Å²) in [5.41, 5.74) is 1.64. The Hall–Kier alpha value is -2.28. The first-order valence-electron chi connectivity index (χ1n) is 9.46. The van der Waals surface area contributed by atoms with Crippen LogP contribution in [-0.4, -0.2) is 49.4 Å². The predicted molar refractivity (Wildman–Crippen MR) is 99.5 cm³/mol. The Balaban J connectivity index is 1.55. The lowest BCUT2D eigenvalue weighted by molar-refractivity contribution is 0.0938. The minimum Gasteiger partial charge on any atom is -0.348 e. The maximum atomic E-state index is 12.0. The lowest BCUT2D eigenvalue weighted by Crippen LogP contribution is -2.39. The SMILES string of the molecule is CC(C)NC(=O)c1cn(CCC2CCCCN2Cc2cccnc2)nn1. The van der Waals surface area contributed by atoms with Crippen molar-refractivity contribution in [3.05, 3.63) is 42.0 Å². The summed E-state index contributed by atoms with van der Waals surface area (Å²) in [6, 6.07) is 4.75. The van der Waals surface area contributed by atoms with E-state index < -0.39 is 0 Å². The van der Waals surface area contributed by atoms with Crippen LogP contribution in [0.5, 0.6) is 0 Å². The van der Waals surface area contributed by atoms with Crippen molar-refractivity contribution in [2.24, 2.45) is 0 Å². The number of hydrogen-bond donors (Lipinski definition) is 1. The van der Waals surface area contributed by atoms with Gasteiger partial charge in [0.2, 0.25) is 0 Å². The van der Waals surface area contributed by atoms with E-state index in [4.69, 9.17) is 0 Å². The summed E-state index contributed by atoms with van der Waals surface area (Å²) < 4.78 is 1.78. The van der Waals surface area contributed by atoms with Gasteiger partial charge in [-0.25, -0.2) is 0 Å². The Morgan fingerprint density at radius 3 is 3.04 bits per heavy atom. The van der Waals surface area contributed by atoms with E-state index in [1.165, 1.54) is 24.8 Å². The number of nitrogens with zero attached hydrogens (tertiary/aromatic N) is 5. The second-order valence-corrected chi connectivity index (χ2v) is 7.27. The summed E-state index contributed by atoms with van der Waals surface area (Å²) in [6.45, 7) is 6.71. The lowest BCUT2D eigenvalue weighted by Gasteiger charge is -2.35. The first-order chi connectivity index (χ1) is 12.6. The summed E-state index contributed by atoms with van der Waals surface area (Å²) >= 11 is 0. The van der Waals surface area contributed by atoms with Gasteiger partial charge in [-0.1, -0.05) is 17.7 Å². The molecule has 0 spiro atoms. The summed E-state index contributed by atoms with van der Waals surface area (Å²) in [5.74, 6) is -0.165. The molecule has 0 aromatic carbocycles. The number of aryl methyl sites for hydroxylation is 1. The summed E-state index contributed by atoms with van der Waals surface area (Å²) in [5, 5.41) is 11.0. The second-order valence-electron chi connectivity index (χ2n) is 7.27. The molecule has 0 saturated carbocycles.